The van der Waals surface area contributed by atoms with Crippen LogP contribution in [0.4, 0.5) is 11.4 Å². The summed E-state index contributed by atoms with van der Waals surface area (Å²) in [4.78, 5) is 39.3. The molecule has 4 aromatic carbocycles. The number of amides is 3. The number of anilines is 2. The number of para-hydroxylation sites is 1. The van der Waals surface area contributed by atoms with E-state index in [1.165, 1.54) is 18.9 Å². The predicted molar refractivity (Wildman–Crippen MR) is 166 cm³/mol. The standard InChI is InChI=1S/C31H25Cl2N3O4S/c1-40-28-10-6-5-9-21(28)17-27(36-30(38)20-7-3-2-4-8-20)31(39)35-22-11-14-24(15-12-22)41-19-29(37)34-23-13-16-25(32)26(33)18-23/h2-18H,19H2,1H3,(H,34,37)(H,35,39)(H,36,38)/b27-17-. The predicted octanol–water partition coefficient (Wildman–Crippen LogP) is 7.14. The van der Waals surface area contributed by atoms with E-state index in [0.717, 1.165) is 4.90 Å². The Morgan fingerprint density at radius 1 is 0.805 bits per heavy atom. The van der Waals surface area contributed by atoms with Gasteiger partial charge in [0.2, 0.25) is 5.91 Å². The van der Waals surface area contributed by atoms with Gasteiger partial charge in [0, 0.05) is 27.4 Å². The molecule has 0 heterocycles. The van der Waals surface area contributed by atoms with Crippen LogP contribution in [0.15, 0.2) is 108 Å². The van der Waals surface area contributed by atoms with Crippen molar-refractivity contribution in [2.75, 3.05) is 23.5 Å². The van der Waals surface area contributed by atoms with Gasteiger partial charge < -0.3 is 20.7 Å². The first-order chi connectivity index (χ1) is 19.8. The molecular formula is C31H25Cl2N3O4S. The number of nitrogens with one attached hydrogen (secondary N) is 3. The van der Waals surface area contributed by atoms with E-state index in [-0.39, 0.29) is 17.4 Å². The first-order valence-corrected chi connectivity index (χ1v) is 14.1. The molecule has 0 aliphatic heterocycles. The van der Waals surface area contributed by atoms with Gasteiger partial charge in [0.25, 0.3) is 11.8 Å². The second kappa shape index (κ2) is 14.4. The Kier molecular flexibility index (Phi) is 10.5. The number of rotatable bonds is 10. The van der Waals surface area contributed by atoms with Crippen LogP contribution in [0.25, 0.3) is 6.08 Å². The smallest absolute Gasteiger partial charge is 0.272 e. The Labute approximate surface area is 251 Å². The van der Waals surface area contributed by atoms with Crippen molar-refractivity contribution in [2.24, 2.45) is 0 Å². The van der Waals surface area contributed by atoms with Crippen LogP contribution in [0.1, 0.15) is 15.9 Å². The number of methoxy groups -OCH3 is 1. The molecule has 0 aliphatic rings. The molecule has 7 nitrogen and oxygen atoms in total. The van der Waals surface area contributed by atoms with Crippen molar-refractivity contribution in [1.82, 2.24) is 5.32 Å². The largest absolute Gasteiger partial charge is 0.496 e. The number of benzene rings is 4. The van der Waals surface area contributed by atoms with Gasteiger partial charge in [-0.2, -0.15) is 0 Å². The third-order valence-corrected chi connectivity index (χ3v) is 7.40. The van der Waals surface area contributed by atoms with E-state index in [9.17, 15) is 14.4 Å². The minimum absolute atomic E-state index is 0.0424. The first kappa shape index (κ1) is 29.7. The van der Waals surface area contributed by atoms with Crippen LogP contribution in [0.2, 0.25) is 10.0 Å². The molecule has 0 unspecified atom stereocenters. The fourth-order valence-electron chi connectivity index (χ4n) is 3.64. The van der Waals surface area contributed by atoms with E-state index >= 15 is 0 Å². The van der Waals surface area contributed by atoms with Crippen molar-refractivity contribution < 1.29 is 19.1 Å². The number of ether oxygens (including phenoxy) is 1. The van der Waals surface area contributed by atoms with Gasteiger partial charge in [-0.15, -0.1) is 11.8 Å². The van der Waals surface area contributed by atoms with Crippen LogP contribution in [-0.4, -0.2) is 30.6 Å². The fraction of sp³-hybridized carbons (Fsp3) is 0.0645. The van der Waals surface area contributed by atoms with Crippen LogP contribution in [0.3, 0.4) is 0 Å². The van der Waals surface area contributed by atoms with Gasteiger partial charge in [0.15, 0.2) is 0 Å². The zero-order valence-corrected chi connectivity index (χ0v) is 24.1. The minimum Gasteiger partial charge on any atom is -0.496 e. The highest BCUT2D eigenvalue weighted by molar-refractivity contribution is 8.00. The molecule has 0 spiro atoms. The lowest BCUT2D eigenvalue weighted by Crippen LogP contribution is -2.30. The van der Waals surface area contributed by atoms with Crippen molar-refractivity contribution in [3.8, 4) is 5.75 Å². The number of thioether (sulfide) groups is 1. The number of hydrogen-bond donors (Lipinski definition) is 3. The lowest BCUT2D eigenvalue weighted by atomic mass is 10.1. The number of carbonyl (C=O) groups is 3. The van der Waals surface area contributed by atoms with Crippen molar-refractivity contribution in [1.29, 1.82) is 0 Å². The molecule has 3 N–H and O–H groups in total. The molecule has 208 valence electrons. The van der Waals surface area contributed by atoms with E-state index in [1.807, 2.05) is 12.1 Å². The third-order valence-electron chi connectivity index (χ3n) is 5.65. The lowest BCUT2D eigenvalue weighted by molar-refractivity contribution is -0.114. The zero-order valence-electron chi connectivity index (χ0n) is 21.8. The van der Waals surface area contributed by atoms with Gasteiger partial charge in [-0.25, -0.2) is 0 Å². The van der Waals surface area contributed by atoms with Crippen LogP contribution in [-0.2, 0) is 9.59 Å². The number of hydrogen-bond acceptors (Lipinski definition) is 5. The summed E-state index contributed by atoms with van der Waals surface area (Å²) in [6.45, 7) is 0. The maximum Gasteiger partial charge on any atom is 0.272 e. The zero-order chi connectivity index (χ0) is 29.2. The van der Waals surface area contributed by atoms with Crippen molar-refractivity contribution in [3.05, 3.63) is 124 Å². The highest BCUT2D eigenvalue weighted by Gasteiger charge is 2.16. The van der Waals surface area contributed by atoms with Crippen LogP contribution >= 0.6 is 35.0 Å². The molecule has 10 heteroatoms. The summed E-state index contributed by atoms with van der Waals surface area (Å²) >= 11 is 13.2. The first-order valence-electron chi connectivity index (χ1n) is 12.3. The van der Waals surface area contributed by atoms with Gasteiger partial charge in [-0.1, -0.05) is 59.6 Å². The highest BCUT2D eigenvalue weighted by atomic mass is 35.5. The Morgan fingerprint density at radius 2 is 1.49 bits per heavy atom. The molecule has 0 saturated carbocycles. The number of carbonyl (C=O) groups excluding carboxylic acids is 3. The lowest BCUT2D eigenvalue weighted by Gasteiger charge is -2.13. The summed E-state index contributed by atoms with van der Waals surface area (Å²) in [5, 5.41) is 9.07. The highest BCUT2D eigenvalue weighted by Crippen LogP contribution is 2.26. The molecule has 41 heavy (non-hydrogen) atoms. The van der Waals surface area contributed by atoms with E-state index in [2.05, 4.69) is 16.0 Å². The van der Waals surface area contributed by atoms with Gasteiger partial charge in [0.1, 0.15) is 11.4 Å². The molecule has 0 aromatic heterocycles. The maximum atomic E-state index is 13.3. The quantitative estimate of drug-likeness (QED) is 0.132. The summed E-state index contributed by atoms with van der Waals surface area (Å²) in [5.41, 5.74) is 2.15. The summed E-state index contributed by atoms with van der Waals surface area (Å²) in [6.07, 6.45) is 1.56. The van der Waals surface area contributed by atoms with Crippen LogP contribution < -0.4 is 20.7 Å². The van der Waals surface area contributed by atoms with E-state index in [0.29, 0.717) is 38.3 Å². The van der Waals surface area contributed by atoms with E-state index in [1.54, 1.807) is 91.0 Å². The topological polar surface area (TPSA) is 96.5 Å². The van der Waals surface area contributed by atoms with Crippen LogP contribution in [0, 0.1) is 0 Å². The Balaban J connectivity index is 1.42. The molecule has 0 radical (unpaired) electrons. The van der Waals surface area contributed by atoms with E-state index < -0.39 is 11.8 Å². The second-order valence-electron chi connectivity index (χ2n) is 8.56. The fourth-order valence-corrected chi connectivity index (χ4v) is 4.63. The average Bonchev–Trinajstić information content (AvgIpc) is 2.99. The Hall–Kier alpha value is -4.24. The Morgan fingerprint density at radius 3 is 2.20 bits per heavy atom. The average molecular weight is 607 g/mol. The summed E-state index contributed by atoms with van der Waals surface area (Å²) in [6, 6.07) is 27.7. The molecule has 0 atom stereocenters. The monoisotopic (exact) mass is 605 g/mol. The van der Waals surface area contributed by atoms with Crippen molar-refractivity contribution >= 4 is 70.1 Å². The summed E-state index contributed by atoms with van der Waals surface area (Å²) in [7, 11) is 1.53. The van der Waals surface area contributed by atoms with Gasteiger partial charge in [-0.3, -0.25) is 14.4 Å². The number of halogens is 2. The molecule has 0 aliphatic carbocycles. The van der Waals surface area contributed by atoms with E-state index in [4.69, 9.17) is 27.9 Å². The third kappa shape index (κ3) is 8.62. The molecule has 0 bridgehead atoms. The second-order valence-corrected chi connectivity index (χ2v) is 10.4. The van der Waals surface area contributed by atoms with Crippen LogP contribution in [0.5, 0.6) is 5.75 Å². The summed E-state index contributed by atoms with van der Waals surface area (Å²) < 4.78 is 5.40. The molecular weight excluding hydrogens is 581 g/mol. The molecule has 4 aromatic rings. The van der Waals surface area contributed by atoms with Gasteiger partial charge in [-0.05, 0) is 66.7 Å². The maximum absolute atomic E-state index is 13.3. The van der Waals surface area contributed by atoms with Crippen molar-refractivity contribution in [2.45, 2.75) is 4.90 Å². The minimum atomic E-state index is -0.512. The van der Waals surface area contributed by atoms with Gasteiger partial charge in [0.05, 0.1) is 22.9 Å². The summed E-state index contributed by atoms with van der Waals surface area (Å²) in [5.74, 6) is -0.416. The molecule has 0 saturated heterocycles. The van der Waals surface area contributed by atoms with Crippen molar-refractivity contribution in [3.63, 3.8) is 0 Å². The normalized spacial score (nSPS) is 11.0. The SMILES string of the molecule is COc1ccccc1/C=C(\NC(=O)c1ccccc1)C(=O)Nc1ccc(SCC(=O)Nc2ccc(Cl)c(Cl)c2)cc1. The molecule has 3 amide bonds. The van der Waals surface area contributed by atoms with Gasteiger partial charge >= 0.3 is 0 Å². The molecule has 0 fully saturated rings. The Bertz CT molecular complexity index is 1580. The molecule has 4 rings (SSSR count).